The predicted octanol–water partition coefficient (Wildman–Crippen LogP) is 2.14. The average Bonchev–Trinajstić information content (AvgIpc) is 2.56. The van der Waals surface area contributed by atoms with Crippen LogP contribution in [-0.4, -0.2) is 39.1 Å². The second-order valence-electron chi connectivity index (χ2n) is 5.86. The van der Waals surface area contributed by atoms with E-state index in [9.17, 15) is 4.79 Å². The molecule has 0 heterocycles. The zero-order chi connectivity index (χ0) is 17.3. The molecule has 1 aromatic carbocycles. The van der Waals surface area contributed by atoms with Gasteiger partial charge in [-0.2, -0.15) is 0 Å². The summed E-state index contributed by atoms with van der Waals surface area (Å²) in [6.45, 7) is 7.58. The third-order valence-corrected chi connectivity index (χ3v) is 3.44. The number of amides is 1. The number of hydrogen-bond acceptors (Lipinski definition) is 3. The zero-order valence-corrected chi connectivity index (χ0v) is 17.4. The minimum absolute atomic E-state index is 0. The molecule has 136 valence electrons. The van der Waals surface area contributed by atoms with Crippen LogP contribution in [0.2, 0.25) is 0 Å². The third kappa shape index (κ3) is 7.37. The van der Waals surface area contributed by atoms with Crippen molar-refractivity contribution >= 4 is 35.8 Å². The topological polar surface area (TPSA) is 74.8 Å². The molecule has 24 heavy (non-hydrogen) atoms. The van der Waals surface area contributed by atoms with Gasteiger partial charge in [0.2, 0.25) is 5.91 Å². The van der Waals surface area contributed by atoms with Crippen LogP contribution in [0.5, 0.6) is 5.75 Å². The molecule has 1 rings (SSSR count). The summed E-state index contributed by atoms with van der Waals surface area (Å²) in [4.78, 5) is 16.4. The van der Waals surface area contributed by atoms with Crippen molar-refractivity contribution in [3.05, 3.63) is 29.8 Å². The van der Waals surface area contributed by atoms with Crippen molar-refractivity contribution < 1.29 is 9.53 Å². The van der Waals surface area contributed by atoms with E-state index in [1.54, 1.807) is 14.2 Å². The first-order chi connectivity index (χ1) is 10.9. The van der Waals surface area contributed by atoms with Crippen LogP contribution in [0, 0.1) is 5.41 Å². The van der Waals surface area contributed by atoms with E-state index in [1.807, 2.05) is 45.0 Å². The molecule has 0 aromatic heterocycles. The molecular formula is C17H29IN4O2. The Morgan fingerprint density at radius 1 is 1.29 bits per heavy atom. The predicted molar refractivity (Wildman–Crippen MR) is 109 cm³/mol. The summed E-state index contributed by atoms with van der Waals surface area (Å²) in [6.07, 6.45) is 0. The summed E-state index contributed by atoms with van der Waals surface area (Å²) in [5, 5.41) is 9.09. The summed E-state index contributed by atoms with van der Waals surface area (Å²) in [5.74, 6) is 1.50. The lowest BCUT2D eigenvalue weighted by Gasteiger charge is -2.24. The number of guanidine groups is 1. The number of ether oxygens (including phenoxy) is 1. The number of nitrogens with zero attached hydrogens (tertiary/aromatic N) is 1. The summed E-state index contributed by atoms with van der Waals surface area (Å²) < 4.78 is 5.22. The molecule has 0 spiro atoms. The van der Waals surface area contributed by atoms with E-state index in [1.165, 1.54) is 0 Å². The Bertz CT molecular complexity index is 547. The van der Waals surface area contributed by atoms with E-state index in [0.717, 1.165) is 17.9 Å². The quantitative estimate of drug-likeness (QED) is 0.340. The Morgan fingerprint density at radius 3 is 2.58 bits per heavy atom. The van der Waals surface area contributed by atoms with Gasteiger partial charge in [-0.15, -0.1) is 24.0 Å². The summed E-state index contributed by atoms with van der Waals surface area (Å²) in [5.41, 5.74) is 0.549. The molecule has 6 nitrogen and oxygen atoms in total. The van der Waals surface area contributed by atoms with Crippen LogP contribution in [0.3, 0.4) is 0 Å². The molecule has 0 aliphatic heterocycles. The van der Waals surface area contributed by atoms with Crippen LogP contribution in [-0.2, 0) is 11.3 Å². The van der Waals surface area contributed by atoms with E-state index in [0.29, 0.717) is 19.0 Å². The van der Waals surface area contributed by atoms with Gasteiger partial charge in [-0.3, -0.25) is 4.79 Å². The minimum Gasteiger partial charge on any atom is -0.497 e. The number of rotatable bonds is 7. The first-order valence-corrected chi connectivity index (χ1v) is 7.80. The van der Waals surface area contributed by atoms with Crippen molar-refractivity contribution in [3.63, 3.8) is 0 Å². The molecule has 0 saturated carbocycles. The molecule has 1 amide bonds. The van der Waals surface area contributed by atoms with Crippen LogP contribution in [0.25, 0.3) is 0 Å². The molecule has 0 bridgehead atoms. The van der Waals surface area contributed by atoms with Gasteiger partial charge in [0.1, 0.15) is 5.75 Å². The number of carbonyl (C=O) groups is 1. The summed E-state index contributed by atoms with van der Waals surface area (Å²) >= 11 is 0. The number of nitrogens with one attached hydrogen (secondary N) is 3. The number of carbonyl (C=O) groups excluding carboxylic acids is 1. The first-order valence-electron chi connectivity index (χ1n) is 7.80. The van der Waals surface area contributed by atoms with Gasteiger partial charge in [0.15, 0.2) is 5.96 Å². The number of halogens is 1. The minimum atomic E-state index is -0.513. The van der Waals surface area contributed by atoms with Crippen molar-refractivity contribution in [1.29, 1.82) is 0 Å². The van der Waals surface area contributed by atoms with E-state index >= 15 is 0 Å². The maximum Gasteiger partial charge on any atom is 0.227 e. The van der Waals surface area contributed by atoms with Gasteiger partial charge in [0, 0.05) is 20.1 Å². The van der Waals surface area contributed by atoms with Crippen molar-refractivity contribution in [2.24, 2.45) is 10.4 Å². The van der Waals surface area contributed by atoms with Gasteiger partial charge < -0.3 is 20.7 Å². The highest BCUT2D eigenvalue weighted by Crippen LogP contribution is 2.14. The Hall–Kier alpha value is -1.51. The molecule has 0 fully saturated rings. The number of methoxy groups -OCH3 is 1. The number of hydrogen-bond donors (Lipinski definition) is 3. The van der Waals surface area contributed by atoms with Crippen LogP contribution in [0.1, 0.15) is 26.3 Å². The molecular weight excluding hydrogens is 419 g/mol. The number of aliphatic imine (C=N–C) groups is 1. The van der Waals surface area contributed by atoms with Crippen molar-refractivity contribution in [2.45, 2.75) is 27.3 Å². The fourth-order valence-electron chi connectivity index (χ4n) is 2.01. The molecule has 0 unspecified atom stereocenters. The molecule has 3 N–H and O–H groups in total. The van der Waals surface area contributed by atoms with Gasteiger partial charge >= 0.3 is 0 Å². The van der Waals surface area contributed by atoms with E-state index in [2.05, 4.69) is 20.9 Å². The lowest BCUT2D eigenvalue weighted by Crippen LogP contribution is -2.47. The van der Waals surface area contributed by atoms with Crippen molar-refractivity contribution in [2.75, 3.05) is 27.2 Å². The van der Waals surface area contributed by atoms with Crippen LogP contribution in [0.15, 0.2) is 29.3 Å². The van der Waals surface area contributed by atoms with E-state index in [4.69, 9.17) is 4.74 Å². The highest BCUT2D eigenvalue weighted by molar-refractivity contribution is 14.0. The Labute approximate surface area is 161 Å². The fraction of sp³-hybridized carbons (Fsp3) is 0.529. The van der Waals surface area contributed by atoms with Crippen LogP contribution in [0.4, 0.5) is 0 Å². The molecule has 0 radical (unpaired) electrons. The SMILES string of the molecule is CCNC(=NCc1cccc(OC)c1)NCC(C)(C)C(=O)NC.I. The second-order valence-corrected chi connectivity index (χ2v) is 5.86. The highest BCUT2D eigenvalue weighted by Gasteiger charge is 2.26. The van der Waals surface area contributed by atoms with Crippen molar-refractivity contribution in [3.8, 4) is 5.75 Å². The maximum atomic E-state index is 11.8. The third-order valence-electron chi connectivity index (χ3n) is 3.44. The summed E-state index contributed by atoms with van der Waals surface area (Å²) in [6, 6.07) is 7.81. The molecule has 0 aliphatic rings. The van der Waals surface area contributed by atoms with E-state index in [-0.39, 0.29) is 29.9 Å². The molecule has 7 heteroatoms. The molecule has 0 atom stereocenters. The molecule has 0 aliphatic carbocycles. The number of benzene rings is 1. The largest absolute Gasteiger partial charge is 0.497 e. The Morgan fingerprint density at radius 2 is 2.00 bits per heavy atom. The maximum absolute atomic E-state index is 11.8. The molecule has 0 saturated heterocycles. The second kappa shape index (κ2) is 11.1. The summed E-state index contributed by atoms with van der Waals surface area (Å²) in [7, 11) is 3.29. The zero-order valence-electron chi connectivity index (χ0n) is 15.1. The lowest BCUT2D eigenvalue weighted by atomic mass is 9.92. The Kier molecular flexibility index (Phi) is 10.4. The van der Waals surface area contributed by atoms with Crippen LogP contribution >= 0.6 is 24.0 Å². The van der Waals surface area contributed by atoms with Gasteiger partial charge in [-0.1, -0.05) is 12.1 Å². The smallest absolute Gasteiger partial charge is 0.227 e. The first kappa shape index (κ1) is 22.5. The van der Waals surface area contributed by atoms with Gasteiger partial charge in [-0.25, -0.2) is 4.99 Å². The monoisotopic (exact) mass is 448 g/mol. The lowest BCUT2D eigenvalue weighted by molar-refractivity contribution is -0.128. The normalized spacial score (nSPS) is 11.3. The van der Waals surface area contributed by atoms with Gasteiger partial charge in [0.25, 0.3) is 0 Å². The molecule has 1 aromatic rings. The van der Waals surface area contributed by atoms with E-state index < -0.39 is 5.41 Å². The average molecular weight is 448 g/mol. The standard InChI is InChI=1S/C17H28N4O2.HI/c1-6-19-16(21-12-17(2,3)15(22)18-4)20-11-13-8-7-9-14(10-13)23-5;/h7-10H,6,11-12H2,1-5H3,(H,18,22)(H2,19,20,21);1H. The Balaban J connectivity index is 0.00000529. The van der Waals surface area contributed by atoms with Crippen LogP contribution < -0.4 is 20.7 Å². The van der Waals surface area contributed by atoms with Gasteiger partial charge in [0.05, 0.1) is 19.1 Å². The van der Waals surface area contributed by atoms with Gasteiger partial charge in [-0.05, 0) is 38.5 Å². The van der Waals surface area contributed by atoms with Crippen molar-refractivity contribution in [1.82, 2.24) is 16.0 Å². The fourth-order valence-corrected chi connectivity index (χ4v) is 2.01. The highest BCUT2D eigenvalue weighted by atomic mass is 127.